The van der Waals surface area contributed by atoms with Crippen molar-refractivity contribution < 1.29 is 16.4 Å². The minimum atomic E-state index is 0. The topological polar surface area (TPSA) is 94.5 Å². The van der Waals surface area contributed by atoms with Crippen molar-refractivity contribution in [3.05, 3.63) is 0 Å². The molecule has 26 valence electrons. The molecular formula is H6MgO3. The van der Waals surface area contributed by atoms with Gasteiger partial charge in [-0.25, -0.2) is 0 Å². The average Bonchev–Trinajstić information content (AvgIpc) is 0. The van der Waals surface area contributed by atoms with E-state index in [1.807, 2.05) is 0 Å². The summed E-state index contributed by atoms with van der Waals surface area (Å²) in [4.78, 5) is 0. The molecule has 6 N–H and O–H groups in total. The van der Waals surface area contributed by atoms with E-state index in [9.17, 15) is 0 Å². The fraction of sp³-hybridized carbons (Fsp3) is 0. The van der Waals surface area contributed by atoms with E-state index in [1.54, 1.807) is 0 Å². The lowest BCUT2D eigenvalue weighted by molar-refractivity contribution is 0.823. The van der Waals surface area contributed by atoms with Gasteiger partial charge in [-0.1, -0.05) is 0 Å². The first-order valence-corrected chi connectivity index (χ1v) is 0. The van der Waals surface area contributed by atoms with Crippen molar-refractivity contribution in [1.82, 2.24) is 0 Å². The first-order chi connectivity index (χ1) is 0. The van der Waals surface area contributed by atoms with Gasteiger partial charge >= 0.3 is 0 Å². The zero-order chi connectivity index (χ0) is 0. The summed E-state index contributed by atoms with van der Waals surface area (Å²) in [6, 6.07) is 0. The summed E-state index contributed by atoms with van der Waals surface area (Å²) in [6.45, 7) is 0. The van der Waals surface area contributed by atoms with Crippen LogP contribution in [0.4, 0.5) is 0 Å². The summed E-state index contributed by atoms with van der Waals surface area (Å²) in [5, 5.41) is 0. The van der Waals surface area contributed by atoms with E-state index in [0.29, 0.717) is 0 Å². The highest BCUT2D eigenvalue weighted by Gasteiger charge is 0.00000733. The van der Waals surface area contributed by atoms with Crippen LogP contribution < -0.4 is 0 Å². The third kappa shape index (κ3) is 17.2. The van der Waals surface area contributed by atoms with E-state index in [-0.39, 0.29) is 39.5 Å². The van der Waals surface area contributed by atoms with Crippen LogP contribution in [0.1, 0.15) is 0 Å². The fourth-order valence-electron chi connectivity index (χ4n) is 0. The van der Waals surface area contributed by atoms with Gasteiger partial charge in [0.15, 0.2) is 0 Å². The standard InChI is InChI=1S/Mg.3H2O/h;3*1H2. The molecule has 0 atom stereocenters. The molecule has 0 spiro atoms. The molecule has 3 nitrogen and oxygen atoms in total. The molecule has 0 aliphatic carbocycles. The highest BCUT2D eigenvalue weighted by Crippen LogP contribution is -0.287. The van der Waals surface area contributed by atoms with Crippen molar-refractivity contribution in [3.8, 4) is 0 Å². The second-order valence-electron chi connectivity index (χ2n) is 0. The smallest absolute Gasteiger partial charge is 0 e. The van der Waals surface area contributed by atoms with Crippen LogP contribution in [0.5, 0.6) is 0 Å². The van der Waals surface area contributed by atoms with Crippen LogP contribution in [0.25, 0.3) is 0 Å². The zero-order valence-corrected chi connectivity index (χ0v) is 3.62. The van der Waals surface area contributed by atoms with Gasteiger partial charge in [0.05, 0.1) is 0 Å². The Kier molecular flexibility index (Phi) is 2260. The van der Waals surface area contributed by atoms with Crippen molar-refractivity contribution in [1.29, 1.82) is 0 Å². The SMILES string of the molecule is O.O.O.[Mg]. The maximum Gasteiger partial charge on any atom is 0 e. The number of hydrogen-bond donors (Lipinski definition) is 0. The van der Waals surface area contributed by atoms with Gasteiger partial charge in [0.1, 0.15) is 0 Å². The summed E-state index contributed by atoms with van der Waals surface area (Å²) in [5.41, 5.74) is 0. The molecule has 0 bridgehead atoms. The Labute approximate surface area is 40.1 Å². The molecule has 0 aromatic carbocycles. The first-order valence-electron chi connectivity index (χ1n) is 0. The maximum atomic E-state index is 0. The van der Waals surface area contributed by atoms with Gasteiger partial charge in [0.2, 0.25) is 0 Å². The Morgan fingerprint density at radius 2 is 0.500 bits per heavy atom. The molecule has 0 fully saturated rings. The molecule has 0 aromatic heterocycles. The van der Waals surface area contributed by atoms with Crippen LogP contribution in [0.15, 0.2) is 0 Å². The summed E-state index contributed by atoms with van der Waals surface area (Å²) in [7, 11) is 0. The van der Waals surface area contributed by atoms with Crippen LogP contribution in [0.2, 0.25) is 0 Å². The third-order valence-corrected chi connectivity index (χ3v) is 0. The Hall–Kier alpha value is 0.646. The van der Waals surface area contributed by atoms with Crippen molar-refractivity contribution in [2.75, 3.05) is 0 Å². The molecule has 0 aliphatic heterocycles. The molecule has 0 aliphatic rings. The summed E-state index contributed by atoms with van der Waals surface area (Å²) in [5.74, 6) is 0. The van der Waals surface area contributed by atoms with E-state index in [1.165, 1.54) is 0 Å². The molecule has 0 saturated carbocycles. The summed E-state index contributed by atoms with van der Waals surface area (Å²) in [6.07, 6.45) is 0. The Bertz CT molecular complexity index is 3.25. The summed E-state index contributed by atoms with van der Waals surface area (Å²) >= 11 is 0. The van der Waals surface area contributed by atoms with Crippen LogP contribution in [0, 0.1) is 0 Å². The van der Waals surface area contributed by atoms with E-state index in [4.69, 9.17) is 0 Å². The van der Waals surface area contributed by atoms with Crippen LogP contribution >= 0.6 is 0 Å². The van der Waals surface area contributed by atoms with Crippen molar-refractivity contribution in [2.24, 2.45) is 0 Å². The lowest BCUT2D eigenvalue weighted by atomic mass is 16.0. The van der Waals surface area contributed by atoms with Gasteiger partial charge in [-0.15, -0.1) is 0 Å². The molecule has 0 aromatic rings. The molecular weight excluding hydrogens is 72.3 g/mol. The summed E-state index contributed by atoms with van der Waals surface area (Å²) < 4.78 is 0. The minimum Gasteiger partial charge on any atom is -0.412 e. The van der Waals surface area contributed by atoms with Crippen LogP contribution in [-0.2, 0) is 0 Å². The Morgan fingerprint density at radius 3 is 0.500 bits per heavy atom. The monoisotopic (exact) mass is 78.0 g/mol. The highest BCUT2D eigenvalue weighted by molar-refractivity contribution is 5.75. The molecule has 0 unspecified atom stereocenters. The molecule has 0 rings (SSSR count). The van der Waals surface area contributed by atoms with Gasteiger partial charge in [-0.05, 0) is 0 Å². The van der Waals surface area contributed by atoms with E-state index in [2.05, 4.69) is 0 Å². The lowest BCUT2D eigenvalue weighted by Crippen LogP contribution is -0.381. The van der Waals surface area contributed by atoms with Gasteiger partial charge in [0, 0.05) is 23.1 Å². The molecule has 0 amide bonds. The largest absolute Gasteiger partial charge is 0.412 e. The lowest BCUT2D eigenvalue weighted by Gasteiger charge is -0.413. The second-order valence-corrected chi connectivity index (χ2v) is 0. The molecule has 0 saturated heterocycles. The van der Waals surface area contributed by atoms with E-state index in [0.717, 1.165) is 0 Å². The van der Waals surface area contributed by atoms with Gasteiger partial charge in [-0.3, -0.25) is 0 Å². The number of hydrogen-bond acceptors (Lipinski definition) is 0. The highest BCUT2D eigenvalue weighted by atomic mass is 24.3. The fourth-order valence-corrected chi connectivity index (χ4v) is 0. The molecule has 2 radical (unpaired) electrons. The minimum absolute atomic E-state index is 0. The van der Waals surface area contributed by atoms with Crippen LogP contribution in [0.3, 0.4) is 0 Å². The van der Waals surface area contributed by atoms with E-state index >= 15 is 0 Å². The quantitative estimate of drug-likeness (QED) is 0.279. The molecule has 4 heteroatoms. The molecule has 0 heterocycles. The van der Waals surface area contributed by atoms with Gasteiger partial charge in [0.25, 0.3) is 0 Å². The van der Waals surface area contributed by atoms with Crippen molar-refractivity contribution in [3.63, 3.8) is 0 Å². The normalized spacial score (nSPS) is 0. The maximum absolute atomic E-state index is 0. The van der Waals surface area contributed by atoms with Crippen LogP contribution in [-0.4, -0.2) is 39.5 Å². The van der Waals surface area contributed by atoms with Crippen molar-refractivity contribution in [2.45, 2.75) is 0 Å². The predicted octanol–water partition coefficient (Wildman–Crippen LogP) is -2.85. The number of rotatable bonds is 0. The van der Waals surface area contributed by atoms with Gasteiger partial charge < -0.3 is 16.4 Å². The predicted molar refractivity (Wildman–Crippen MR) is 16.6 cm³/mol. The Balaban J connectivity index is 0. The first kappa shape index (κ1) is 148. The van der Waals surface area contributed by atoms with Crippen molar-refractivity contribution >= 4 is 23.1 Å². The third-order valence-electron chi connectivity index (χ3n) is 0. The molecule has 4 heavy (non-hydrogen) atoms. The van der Waals surface area contributed by atoms with E-state index < -0.39 is 0 Å². The zero-order valence-electron chi connectivity index (χ0n) is 2.21. The second kappa shape index (κ2) is 61.1. The van der Waals surface area contributed by atoms with Gasteiger partial charge in [-0.2, -0.15) is 0 Å². The Morgan fingerprint density at radius 1 is 0.500 bits per heavy atom. The average molecular weight is 78.3 g/mol.